The summed E-state index contributed by atoms with van der Waals surface area (Å²) in [5.74, 6) is 1.95. The van der Waals surface area contributed by atoms with Crippen LogP contribution in [0.25, 0.3) is 0 Å². The van der Waals surface area contributed by atoms with Crippen LogP contribution < -0.4 is 14.8 Å². The predicted octanol–water partition coefficient (Wildman–Crippen LogP) is 7.85. The van der Waals surface area contributed by atoms with Gasteiger partial charge in [-0.2, -0.15) is 4.98 Å². The van der Waals surface area contributed by atoms with Crippen molar-refractivity contribution in [2.45, 2.75) is 45.0 Å². The summed E-state index contributed by atoms with van der Waals surface area (Å²) < 4.78 is 20.0. The van der Waals surface area contributed by atoms with Crippen LogP contribution in [0.2, 0.25) is 10.0 Å². The molecular weight excluding hydrogens is 639 g/mol. The van der Waals surface area contributed by atoms with Crippen molar-refractivity contribution in [3.05, 3.63) is 79.9 Å². The van der Waals surface area contributed by atoms with Crippen LogP contribution in [0.15, 0.2) is 63.9 Å². The van der Waals surface area contributed by atoms with Gasteiger partial charge in [-0.3, -0.25) is 0 Å². The van der Waals surface area contributed by atoms with Crippen LogP contribution in [0.3, 0.4) is 0 Å². The third kappa shape index (κ3) is 6.79. The van der Waals surface area contributed by atoms with Crippen molar-refractivity contribution in [3.8, 4) is 11.5 Å². The van der Waals surface area contributed by atoms with E-state index in [0.717, 1.165) is 23.3 Å². The summed E-state index contributed by atoms with van der Waals surface area (Å²) in [5.41, 5.74) is 2.62. The van der Waals surface area contributed by atoms with Gasteiger partial charge in [0.2, 0.25) is 11.1 Å². The van der Waals surface area contributed by atoms with Crippen molar-refractivity contribution < 1.29 is 19.0 Å². The van der Waals surface area contributed by atoms with Crippen LogP contribution in [0.1, 0.15) is 44.4 Å². The molecule has 1 N–H and O–H groups in total. The van der Waals surface area contributed by atoms with E-state index in [1.165, 1.54) is 6.08 Å². The van der Waals surface area contributed by atoms with Gasteiger partial charge in [0, 0.05) is 11.4 Å². The van der Waals surface area contributed by atoms with E-state index in [1.807, 2.05) is 32.0 Å². The molecule has 212 valence electrons. The number of hydrogen-bond acceptors (Lipinski definition) is 8. The number of esters is 1. The summed E-state index contributed by atoms with van der Waals surface area (Å²) >= 11 is 17.5. The van der Waals surface area contributed by atoms with Gasteiger partial charge in [0.05, 0.1) is 26.7 Å². The second kappa shape index (κ2) is 13.8. The van der Waals surface area contributed by atoms with Gasteiger partial charge in [0.15, 0.2) is 11.5 Å². The fourth-order valence-electron chi connectivity index (χ4n) is 4.10. The standard InChI is InChI=1S/C28H29BrCl2N4O4S/c1-5-10-38-26(36)23-16(4)32-27-33-28(40-11-6-2)34-35(27)24(23)18-13-19(29)25(22(14-18)37-7-3)39-15-17-8-9-20(30)21(31)12-17/h5,8-9,12-14,24H,1,6-7,10-11,15H2,2-4H3,(H,32,33,34). The topological polar surface area (TPSA) is 87.5 Å². The first-order chi connectivity index (χ1) is 19.3. The SMILES string of the molecule is C=CCOC(=O)C1=C(C)Nc2nc(SCCC)nn2C1c1cc(Br)c(OCc2ccc(Cl)c(Cl)c2)c(OCC)c1. The minimum absolute atomic E-state index is 0.0829. The Morgan fingerprint density at radius 2 is 2.02 bits per heavy atom. The molecular formula is C28H29BrCl2N4O4S. The van der Waals surface area contributed by atoms with Crippen molar-refractivity contribution in [2.24, 2.45) is 0 Å². The molecule has 2 heterocycles. The van der Waals surface area contributed by atoms with Gasteiger partial charge in [-0.15, -0.1) is 5.10 Å². The molecule has 8 nitrogen and oxygen atoms in total. The van der Waals surface area contributed by atoms with Crippen molar-refractivity contribution in [1.29, 1.82) is 0 Å². The lowest BCUT2D eigenvalue weighted by Crippen LogP contribution is -2.29. The third-order valence-electron chi connectivity index (χ3n) is 5.84. The highest BCUT2D eigenvalue weighted by atomic mass is 79.9. The summed E-state index contributed by atoms with van der Waals surface area (Å²) in [6.45, 7) is 10.2. The average Bonchev–Trinajstić information content (AvgIpc) is 3.33. The van der Waals surface area contributed by atoms with E-state index in [9.17, 15) is 4.79 Å². The first-order valence-electron chi connectivity index (χ1n) is 12.6. The average molecular weight is 668 g/mol. The number of ether oxygens (including phenoxy) is 3. The Kier molecular flexibility index (Phi) is 10.5. The molecule has 2 aromatic carbocycles. The van der Waals surface area contributed by atoms with E-state index in [-0.39, 0.29) is 13.2 Å². The van der Waals surface area contributed by atoms with E-state index in [1.54, 1.807) is 28.6 Å². The minimum Gasteiger partial charge on any atom is -0.490 e. The summed E-state index contributed by atoms with van der Waals surface area (Å²) in [7, 11) is 0. The highest BCUT2D eigenvalue weighted by Crippen LogP contribution is 2.43. The van der Waals surface area contributed by atoms with E-state index in [4.69, 9.17) is 42.5 Å². The molecule has 0 radical (unpaired) electrons. The first kappa shape index (κ1) is 30.3. The van der Waals surface area contributed by atoms with Crippen molar-refractivity contribution in [2.75, 3.05) is 24.3 Å². The Hall–Kier alpha value is -2.66. The summed E-state index contributed by atoms with van der Waals surface area (Å²) in [5, 5.41) is 9.51. The zero-order valence-corrected chi connectivity index (χ0v) is 26.2. The Balaban J connectivity index is 1.77. The molecule has 4 rings (SSSR count). The molecule has 1 aliphatic rings. The molecule has 1 unspecified atom stereocenters. The molecule has 1 atom stereocenters. The number of benzene rings is 2. The van der Waals surface area contributed by atoms with Gasteiger partial charge in [-0.05, 0) is 71.6 Å². The largest absolute Gasteiger partial charge is 0.490 e. The van der Waals surface area contributed by atoms with Crippen LogP contribution in [-0.4, -0.2) is 39.7 Å². The van der Waals surface area contributed by atoms with Gasteiger partial charge < -0.3 is 19.5 Å². The Morgan fingerprint density at radius 3 is 2.73 bits per heavy atom. The van der Waals surface area contributed by atoms with Crippen LogP contribution in [0, 0.1) is 0 Å². The molecule has 1 aromatic heterocycles. The van der Waals surface area contributed by atoms with E-state index in [0.29, 0.717) is 55.0 Å². The fraction of sp³-hybridized carbons (Fsp3) is 0.321. The number of allylic oxidation sites excluding steroid dienone is 1. The Bertz CT molecular complexity index is 1450. The molecule has 0 amide bonds. The minimum atomic E-state index is -0.628. The second-order valence-corrected chi connectivity index (χ2v) is 11.5. The number of thioether (sulfide) groups is 1. The predicted molar refractivity (Wildman–Crippen MR) is 163 cm³/mol. The van der Waals surface area contributed by atoms with E-state index >= 15 is 0 Å². The zero-order chi connectivity index (χ0) is 28.8. The van der Waals surface area contributed by atoms with Gasteiger partial charge >= 0.3 is 5.97 Å². The number of carbonyl (C=O) groups excluding carboxylic acids is 1. The number of halogens is 3. The molecule has 0 spiro atoms. The Labute approximate surface area is 256 Å². The lowest BCUT2D eigenvalue weighted by atomic mass is 9.95. The molecule has 40 heavy (non-hydrogen) atoms. The lowest BCUT2D eigenvalue weighted by molar-refractivity contribution is -0.138. The Morgan fingerprint density at radius 1 is 1.23 bits per heavy atom. The number of aromatic nitrogens is 3. The zero-order valence-electron chi connectivity index (χ0n) is 22.3. The fourth-order valence-corrected chi connectivity index (χ4v) is 5.68. The number of nitrogens with zero attached hydrogens (tertiary/aromatic N) is 3. The molecule has 0 saturated heterocycles. The van der Waals surface area contributed by atoms with Gasteiger partial charge in [0.25, 0.3) is 0 Å². The number of rotatable bonds is 12. The van der Waals surface area contributed by atoms with Gasteiger partial charge in [-0.25, -0.2) is 9.48 Å². The molecule has 1 aliphatic heterocycles. The van der Waals surface area contributed by atoms with Crippen LogP contribution in [0.4, 0.5) is 5.95 Å². The first-order valence-corrected chi connectivity index (χ1v) is 15.2. The highest BCUT2D eigenvalue weighted by Gasteiger charge is 2.36. The quantitative estimate of drug-likeness (QED) is 0.119. The monoisotopic (exact) mass is 666 g/mol. The molecule has 3 aromatic rings. The summed E-state index contributed by atoms with van der Waals surface area (Å²) in [4.78, 5) is 17.9. The molecule has 0 aliphatic carbocycles. The third-order valence-corrected chi connectivity index (χ3v) is 8.21. The maximum Gasteiger partial charge on any atom is 0.338 e. The van der Waals surface area contributed by atoms with Crippen LogP contribution in [0.5, 0.6) is 11.5 Å². The van der Waals surface area contributed by atoms with Crippen LogP contribution in [-0.2, 0) is 16.1 Å². The normalized spacial score (nSPS) is 14.4. The number of fused-ring (bicyclic) bond motifs is 1. The van der Waals surface area contributed by atoms with Crippen LogP contribution >= 0.6 is 50.9 Å². The summed E-state index contributed by atoms with van der Waals surface area (Å²) in [6.07, 6.45) is 2.51. The molecule has 0 saturated carbocycles. The molecule has 0 fully saturated rings. The number of carbonyl (C=O) groups is 1. The van der Waals surface area contributed by atoms with Crippen molar-refractivity contribution in [3.63, 3.8) is 0 Å². The maximum absolute atomic E-state index is 13.3. The second-order valence-electron chi connectivity index (χ2n) is 8.76. The summed E-state index contributed by atoms with van der Waals surface area (Å²) in [6, 6.07) is 8.45. The molecule has 12 heteroatoms. The molecule has 0 bridgehead atoms. The smallest absolute Gasteiger partial charge is 0.338 e. The maximum atomic E-state index is 13.3. The van der Waals surface area contributed by atoms with E-state index in [2.05, 4.69) is 39.7 Å². The van der Waals surface area contributed by atoms with E-state index < -0.39 is 12.0 Å². The number of hydrogen-bond donors (Lipinski definition) is 1. The number of anilines is 1. The van der Waals surface area contributed by atoms with Crippen molar-refractivity contribution >= 4 is 62.8 Å². The highest BCUT2D eigenvalue weighted by molar-refractivity contribution is 9.10. The van der Waals surface area contributed by atoms with Gasteiger partial charge in [-0.1, -0.05) is 60.6 Å². The lowest BCUT2D eigenvalue weighted by Gasteiger charge is -2.29. The van der Waals surface area contributed by atoms with Crippen molar-refractivity contribution in [1.82, 2.24) is 14.8 Å². The van der Waals surface area contributed by atoms with Gasteiger partial charge in [0.1, 0.15) is 19.3 Å². The number of nitrogens with one attached hydrogen (secondary N) is 1.